The number of hydrogen-bond donors (Lipinski definition) is 2. The molecule has 100 valence electrons. The Labute approximate surface area is 120 Å². The molecule has 1 aromatic carbocycles. The number of carbonyl (C=O) groups excluding carboxylic acids is 1. The molecule has 0 saturated heterocycles. The van der Waals surface area contributed by atoms with E-state index in [9.17, 15) is 4.79 Å². The van der Waals surface area contributed by atoms with Gasteiger partial charge in [0.25, 0.3) is 5.91 Å². The Hall–Kier alpha value is -1.49. The van der Waals surface area contributed by atoms with Crippen LogP contribution in [0.1, 0.15) is 29.3 Å². The molecule has 1 unspecified atom stereocenters. The first-order chi connectivity index (χ1) is 8.99. The Balaban J connectivity index is 2.18. The van der Waals surface area contributed by atoms with Gasteiger partial charge in [-0.1, -0.05) is 29.3 Å². The fourth-order valence-electron chi connectivity index (χ4n) is 1.50. The highest BCUT2D eigenvalue weighted by atomic mass is 35.5. The average Bonchev–Trinajstić information content (AvgIpc) is 2.84. The fraction of sp³-hybridized carbons (Fsp3) is 0.154. The Morgan fingerprint density at radius 2 is 2.05 bits per heavy atom. The number of rotatable bonds is 3. The maximum atomic E-state index is 12.0. The van der Waals surface area contributed by atoms with Crippen molar-refractivity contribution in [2.24, 2.45) is 5.73 Å². The average molecular weight is 299 g/mol. The van der Waals surface area contributed by atoms with Crippen LogP contribution < -0.4 is 11.1 Å². The van der Waals surface area contributed by atoms with Crippen LogP contribution in [0.5, 0.6) is 0 Å². The van der Waals surface area contributed by atoms with Crippen molar-refractivity contribution in [3.63, 3.8) is 0 Å². The maximum absolute atomic E-state index is 12.0. The van der Waals surface area contributed by atoms with Gasteiger partial charge in [0.15, 0.2) is 5.76 Å². The minimum atomic E-state index is -0.406. The smallest absolute Gasteiger partial charge is 0.291 e. The van der Waals surface area contributed by atoms with Gasteiger partial charge in [0, 0.05) is 0 Å². The van der Waals surface area contributed by atoms with Gasteiger partial charge in [-0.05, 0) is 31.2 Å². The summed E-state index contributed by atoms with van der Waals surface area (Å²) in [6.45, 7) is 1.77. The van der Waals surface area contributed by atoms with Gasteiger partial charge in [0.05, 0.1) is 21.8 Å². The summed E-state index contributed by atoms with van der Waals surface area (Å²) >= 11 is 11.8. The number of furan rings is 1. The lowest BCUT2D eigenvalue weighted by Gasteiger charge is -2.06. The molecular formula is C13H12Cl2N2O2. The molecule has 3 N–H and O–H groups in total. The number of nitrogens with two attached hydrogens (primary N) is 1. The van der Waals surface area contributed by atoms with Crippen molar-refractivity contribution in [1.82, 2.24) is 0 Å². The molecule has 1 aromatic heterocycles. The van der Waals surface area contributed by atoms with Crippen LogP contribution in [-0.4, -0.2) is 5.91 Å². The number of amides is 1. The summed E-state index contributed by atoms with van der Waals surface area (Å²) < 4.78 is 5.34. The van der Waals surface area contributed by atoms with E-state index in [1.807, 2.05) is 0 Å². The standard InChI is InChI=1S/C13H12Cl2N2O2/c1-7(16)10-5-6-11(19-10)13(18)17-9-4-2-3-8(14)12(9)15/h2-7H,16H2,1H3,(H,17,18). The van der Waals surface area contributed by atoms with Crippen molar-refractivity contribution in [3.8, 4) is 0 Å². The molecule has 19 heavy (non-hydrogen) atoms. The lowest BCUT2D eigenvalue weighted by atomic mass is 10.3. The van der Waals surface area contributed by atoms with Crippen LogP contribution >= 0.6 is 23.2 Å². The van der Waals surface area contributed by atoms with Crippen molar-refractivity contribution in [2.75, 3.05) is 5.32 Å². The van der Waals surface area contributed by atoms with E-state index in [-0.39, 0.29) is 16.8 Å². The molecule has 0 aliphatic carbocycles. The molecule has 0 aliphatic rings. The summed E-state index contributed by atoms with van der Waals surface area (Å²) in [4.78, 5) is 12.0. The molecule has 0 spiro atoms. The van der Waals surface area contributed by atoms with Crippen molar-refractivity contribution >= 4 is 34.8 Å². The van der Waals surface area contributed by atoms with E-state index in [1.54, 1.807) is 37.3 Å². The number of nitrogens with one attached hydrogen (secondary N) is 1. The van der Waals surface area contributed by atoms with Gasteiger partial charge >= 0.3 is 0 Å². The second-order valence-electron chi connectivity index (χ2n) is 4.05. The molecule has 4 nitrogen and oxygen atoms in total. The first-order valence-electron chi connectivity index (χ1n) is 5.59. The predicted molar refractivity (Wildman–Crippen MR) is 75.7 cm³/mol. The monoisotopic (exact) mass is 298 g/mol. The zero-order valence-corrected chi connectivity index (χ0v) is 11.6. The van der Waals surface area contributed by atoms with E-state index in [4.69, 9.17) is 33.4 Å². The number of hydrogen-bond acceptors (Lipinski definition) is 3. The first-order valence-corrected chi connectivity index (χ1v) is 6.35. The van der Waals surface area contributed by atoms with Gasteiger partial charge in [-0.25, -0.2) is 0 Å². The summed E-state index contributed by atoms with van der Waals surface area (Å²) in [5.41, 5.74) is 6.09. The van der Waals surface area contributed by atoms with E-state index in [2.05, 4.69) is 5.32 Å². The van der Waals surface area contributed by atoms with E-state index < -0.39 is 5.91 Å². The van der Waals surface area contributed by atoms with Crippen LogP contribution in [0.3, 0.4) is 0 Å². The molecule has 2 rings (SSSR count). The minimum Gasteiger partial charge on any atom is -0.454 e. The third-order valence-corrected chi connectivity index (χ3v) is 3.32. The summed E-state index contributed by atoms with van der Waals surface area (Å²) in [6, 6.07) is 7.95. The van der Waals surface area contributed by atoms with Gasteiger partial charge < -0.3 is 15.5 Å². The first kappa shape index (κ1) is 13.9. The lowest BCUT2D eigenvalue weighted by molar-refractivity contribution is 0.0994. The van der Waals surface area contributed by atoms with Crippen LogP contribution in [0, 0.1) is 0 Å². The van der Waals surface area contributed by atoms with E-state index in [1.165, 1.54) is 0 Å². The zero-order chi connectivity index (χ0) is 14.0. The van der Waals surface area contributed by atoms with E-state index >= 15 is 0 Å². The third-order valence-electron chi connectivity index (χ3n) is 2.50. The van der Waals surface area contributed by atoms with Crippen LogP contribution in [0.4, 0.5) is 5.69 Å². The molecule has 0 fully saturated rings. The SMILES string of the molecule is CC(N)c1ccc(C(=O)Nc2cccc(Cl)c2Cl)o1. The lowest BCUT2D eigenvalue weighted by Crippen LogP contribution is -2.11. The summed E-state index contributed by atoms with van der Waals surface area (Å²) in [7, 11) is 0. The predicted octanol–water partition coefficient (Wildman–Crippen LogP) is 3.86. The Bertz CT molecular complexity index is 608. The van der Waals surface area contributed by atoms with Crippen LogP contribution in [0.2, 0.25) is 10.0 Å². The second-order valence-corrected chi connectivity index (χ2v) is 4.83. The summed E-state index contributed by atoms with van der Waals surface area (Å²) in [5, 5.41) is 3.29. The number of halogens is 2. The van der Waals surface area contributed by atoms with E-state index in [0.717, 1.165) is 0 Å². The summed E-state index contributed by atoms with van der Waals surface area (Å²) in [6.07, 6.45) is 0. The highest BCUT2D eigenvalue weighted by molar-refractivity contribution is 6.44. The number of anilines is 1. The van der Waals surface area contributed by atoms with Gasteiger partial charge in [-0.2, -0.15) is 0 Å². The van der Waals surface area contributed by atoms with Crippen molar-refractivity contribution in [1.29, 1.82) is 0 Å². The largest absolute Gasteiger partial charge is 0.454 e. The molecule has 0 bridgehead atoms. The Morgan fingerprint density at radius 3 is 2.68 bits per heavy atom. The van der Waals surface area contributed by atoms with Crippen molar-refractivity contribution < 1.29 is 9.21 Å². The molecule has 0 saturated carbocycles. The van der Waals surface area contributed by atoms with E-state index in [0.29, 0.717) is 16.5 Å². The topological polar surface area (TPSA) is 68.3 Å². The highest BCUT2D eigenvalue weighted by Gasteiger charge is 2.15. The molecular weight excluding hydrogens is 287 g/mol. The van der Waals surface area contributed by atoms with Gasteiger partial charge in [-0.3, -0.25) is 4.79 Å². The third kappa shape index (κ3) is 3.10. The Morgan fingerprint density at radius 1 is 1.32 bits per heavy atom. The van der Waals surface area contributed by atoms with Crippen LogP contribution in [0.25, 0.3) is 0 Å². The molecule has 0 aliphatic heterocycles. The summed E-state index contributed by atoms with van der Waals surface area (Å²) in [5.74, 6) is 0.307. The quantitative estimate of drug-likeness (QED) is 0.904. The fourth-order valence-corrected chi connectivity index (χ4v) is 1.85. The highest BCUT2D eigenvalue weighted by Crippen LogP contribution is 2.30. The number of benzene rings is 1. The molecule has 2 aromatic rings. The van der Waals surface area contributed by atoms with Crippen molar-refractivity contribution in [2.45, 2.75) is 13.0 Å². The molecule has 0 radical (unpaired) electrons. The molecule has 1 amide bonds. The van der Waals surface area contributed by atoms with Crippen LogP contribution in [-0.2, 0) is 0 Å². The normalized spacial score (nSPS) is 12.2. The van der Waals surface area contributed by atoms with Gasteiger partial charge in [0.2, 0.25) is 0 Å². The van der Waals surface area contributed by atoms with Crippen LogP contribution in [0.15, 0.2) is 34.7 Å². The zero-order valence-electron chi connectivity index (χ0n) is 10.1. The van der Waals surface area contributed by atoms with Crippen molar-refractivity contribution in [3.05, 3.63) is 51.9 Å². The molecule has 1 atom stereocenters. The minimum absolute atomic E-state index is 0.170. The molecule has 1 heterocycles. The number of carbonyl (C=O) groups is 1. The van der Waals surface area contributed by atoms with Gasteiger partial charge in [0.1, 0.15) is 5.76 Å². The second kappa shape index (κ2) is 5.65. The molecule has 6 heteroatoms. The Kier molecular flexibility index (Phi) is 4.14. The maximum Gasteiger partial charge on any atom is 0.291 e. The van der Waals surface area contributed by atoms with Gasteiger partial charge in [-0.15, -0.1) is 0 Å².